The minimum atomic E-state index is -3.27. The van der Waals surface area contributed by atoms with Crippen molar-refractivity contribution < 1.29 is 13.3 Å². The smallest absolute Gasteiger partial charge is 0.207 e. The van der Waals surface area contributed by atoms with Crippen LogP contribution in [0.1, 0.15) is 12.1 Å². The van der Waals surface area contributed by atoms with E-state index >= 15 is 0 Å². The van der Waals surface area contributed by atoms with E-state index in [9.17, 15) is 18.5 Å². The van der Waals surface area contributed by atoms with Gasteiger partial charge < -0.3 is 0 Å². The summed E-state index contributed by atoms with van der Waals surface area (Å²) in [6.07, 6.45) is 4.96. The van der Waals surface area contributed by atoms with E-state index in [1.165, 1.54) is 6.26 Å². The third-order valence-corrected chi connectivity index (χ3v) is 5.20. The van der Waals surface area contributed by atoms with Crippen LogP contribution in [0.15, 0.2) is 71.6 Å². The summed E-state index contributed by atoms with van der Waals surface area (Å²) >= 11 is 0. The van der Waals surface area contributed by atoms with Crippen molar-refractivity contribution in [3.63, 3.8) is 0 Å². The van der Waals surface area contributed by atoms with E-state index in [4.69, 9.17) is 0 Å². The molecule has 0 fully saturated rings. The van der Waals surface area contributed by atoms with Gasteiger partial charge in [0.25, 0.3) is 0 Å². The zero-order valence-corrected chi connectivity index (χ0v) is 16.0. The summed E-state index contributed by atoms with van der Waals surface area (Å²) in [5.41, 5.74) is 3.12. The van der Waals surface area contributed by atoms with Crippen molar-refractivity contribution in [1.29, 1.82) is 0 Å². The van der Waals surface area contributed by atoms with Gasteiger partial charge in [0.1, 0.15) is 0 Å². The predicted octanol–water partition coefficient (Wildman–Crippen LogP) is 3.62. The quantitative estimate of drug-likeness (QED) is 0.448. The Labute approximate surface area is 163 Å². The zero-order chi connectivity index (χ0) is 20.1. The molecule has 3 rings (SSSR count). The highest BCUT2D eigenvalue weighted by atomic mass is 32.2. The Morgan fingerprint density at radius 1 is 1.11 bits per heavy atom. The Morgan fingerprint density at radius 2 is 1.79 bits per heavy atom. The number of sulfone groups is 1. The first-order chi connectivity index (χ1) is 13.3. The first-order valence-electron chi connectivity index (χ1n) is 8.59. The van der Waals surface area contributed by atoms with E-state index in [0.717, 1.165) is 16.9 Å². The van der Waals surface area contributed by atoms with Gasteiger partial charge in [-0.1, -0.05) is 36.4 Å². The largest absolute Gasteiger partial charge is 0.265 e. The lowest BCUT2D eigenvalue weighted by atomic mass is 10.1. The summed E-state index contributed by atoms with van der Waals surface area (Å²) in [7, 11) is -3.27. The third-order valence-electron chi connectivity index (χ3n) is 4.07. The number of benzene rings is 2. The molecule has 0 aliphatic rings. The predicted molar refractivity (Wildman–Crippen MR) is 108 cm³/mol. The minimum Gasteiger partial charge on any atom is -0.265 e. The van der Waals surface area contributed by atoms with Crippen LogP contribution in [0.3, 0.4) is 0 Å². The van der Waals surface area contributed by atoms with Gasteiger partial charge in [0.2, 0.25) is 6.54 Å². The molecule has 0 unspecified atom stereocenters. The van der Waals surface area contributed by atoms with Gasteiger partial charge in [-0.05, 0) is 36.4 Å². The molecule has 0 bridgehead atoms. The Morgan fingerprint density at radius 3 is 2.39 bits per heavy atom. The molecule has 0 radical (unpaired) electrons. The number of rotatable bonds is 7. The van der Waals surface area contributed by atoms with Crippen LogP contribution in [0, 0.1) is 10.1 Å². The second-order valence-corrected chi connectivity index (χ2v) is 8.26. The van der Waals surface area contributed by atoms with Gasteiger partial charge >= 0.3 is 0 Å². The molecule has 1 aromatic heterocycles. The van der Waals surface area contributed by atoms with Gasteiger partial charge in [-0.15, -0.1) is 0 Å². The second kappa shape index (κ2) is 8.18. The Kier molecular flexibility index (Phi) is 5.70. The van der Waals surface area contributed by atoms with Crippen LogP contribution in [0.5, 0.6) is 0 Å². The summed E-state index contributed by atoms with van der Waals surface area (Å²) in [4.78, 5) is 10.3. The normalized spacial score (nSPS) is 11.8. The standard InChI is InChI=1S/C20H19N3O4S/c1-28(26,27)19-12-10-16(11-13-19)20-15-17(7-5-6-14-22(24)25)21-23(20)18-8-3-2-4-9-18/h2-5,7-13,15H,6,14H2,1H3/b7-5+. The SMILES string of the molecule is CS(=O)(=O)c1ccc(-c2cc(/C=C/CC[N+](=O)[O-])nn2-c2ccccc2)cc1. The number of para-hydroxylation sites is 1. The first kappa shape index (κ1) is 19.5. The highest BCUT2D eigenvalue weighted by Crippen LogP contribution is 2.26. The number of hydrogen-bond donors (Lipinski definition) is 0. The van der Waals surface area contributed by atoms with Gasteiger partial charge in [-0.2, -0.15) is 5.10 Å². The molecule has 7 nitrogen and oxygen atoms in total. The van der Waals surface area contributed by atoms with Crippen LogP contribution in [0.2, 0.25) is 0 Å². The summed E-state index contributed by atoms with van der Waals surface area (Å²) in [5.74, 6) is 0. The summed E-state index contributed by atoms with van der Waals surface area (Å²) < 4.78 is 25.2. The molecule has 0 spiro atoms. The fourth-order valence-electron chi connectivity index (χ4n) is 2.71. The van der Waals surface area contributed by atoms with Crippen molar-refractivity contribution in [2.75, 3.05) is 12.8 Å². The van der Waals surface area contributed by atoms with Gasteiger partial charge in [-0.25, -0.2) is 13.1 Å². The molecular weight excluding hydrogens is 378 g/mol. The molecule has 0 saturated heterocycles. The van der Waals surface area contributed by atoms with Crippen molar-refractivity contribution in [2.24, 2.45) is 0 Å². The molecule has 0 N–H and O–H groups in total. The number of nitro groups is 1. The number of hydrogen-bond acceptors (Lipinski definition) is 5. The van der Waals surface area contributed by atoms with Crippen molar-refractivity contribution in [3.05, 3.63) is 82.5 Å². The molecule has 8 heteroatoms. The molecule has 0 amide bonds. The summed E-state index contributed by atoms with van der Waals surface area (Å²) in [5, 5.41) is 15.0. The second-order valence-electron chi connectivity index (χ2n) is 6.25. The number of nitrogens with zero attached hydrogens (tertiary/aromatic N) is 3. The highest BCUT2D eigenvalue weighted by Gasteiger charge is 2.12. The maximum Gasteiger partial charge on any atom is 0.207 e. The van der Waals surface area contributed by atoms with Gasteiger partial charge in [0.05, 0.1) is 22.0 Å². The molecule has 2 aromatic carbocycles. The van der Waals surface area contributed by atoms with E-state index < -0.39 is 9.84 Å². The van der Waals surface area contributed by atoms with Crippen LogP contribution in [-0.4, -0.2) is 35.9 Å². The van der Waals surface area contributed by atoms with E-state index in [1.807, 2.05) is 36.4 Å². The minimum absolute atomic E-state index is 0.129. The molecule has 1 heterocycles. The lowest BCUT2D eigenvalue weighted by molar-refractivity contribution is -0.478. The van der Waals surface area contributed by atoms with E-state index in [0.29, 0.717) is 12.1 Å². The van der Waals surface area contributed by atoms with Gasteiger partial charge in [-0.3, -0.25) is 10.1 Å². The Hall–Kier alpha value is -3.26. The van der Waals surface area contributed by atoms with Crippen LogP contribution in [0.25, 0.3) is 23.0 Å². The average molecular weight is 397 g/mol. The Bertz CT molecular complexity index is 1100. The van der Waals surface area contributed by atoms with Crippen molar-refractivity contribution >= 4 is 15.9 Å². The van der Waals surface area contributed by atoms with E-state index in [2.05, 4.69) is 5.10 Å². The lowest BCUT2D eigenvalue weighted by Crippen LogP contribution is -2.00. The van der Waals surface area contributed by atoms with Crippen LogP contribution in [-0.2, 0) is 9.84 Å². The Balaban J connectivity index is 2.00. The van der Waals surface area contributed by atoms with Crippen molar-refractivity contribution in [2.45, 2.75) is 11.3 Å². The first-order valence-corrected chi connectivity index (χ1v) is 10.5. The number of aromatic nitrogens is 2. The van der Waals surface area contributed by atoms with Gasteiger partial charge in [0.15, 0.2) is 9.84 Å². The highest BCUT2D eigenvalue weighted by molar-refractivity contribution is 7.90. The molecule has 28 heavy (non-hydrogen) atoms. The van der Waals surface area contributed by atoms with Crippen molar-refractivity contribution in [1.82, 2.24) is 9.78 Å². The summed E-state index contributed by atoms with van der Waals surface area (Å²) in [6, 6.07) is 18.0. The monoisotopic (exact) mass is 397 g/mol. The zero-order valence-electron chi connectivity index (χ0n) is 15.2. The topological polar surface area (TPSA) is 95.1 Å². The maximum atomic E-state index is 11.7. The van der Waals surface area contributed by atoms with Crippen molar-refractivity contribution in [3.8, 4) is 16.9 Å². The van der Waals surface area contributed by atoms with Crippen LogP contribution in [0.4, 0.5) is 0 Å². The fourth-order valence-corrected chi connectivity index (χ4v) is 3.34. The van der Waals surface area contributed by atoms with E-state index in [1.54, 1.807) is 41.1 Å². The fraction of sp³-hybridized carbons (Fsp3) is 0.150. The molecule has 3 aromatic rings. The van der Waals surface area contributed by atoms with Crippen LogP contribution >= 0.6 is 0 Å². The van der Waals surface area contributed by atoms with Crippen LogP contribution < -0.4 is 0 Å². The molecule has 0 aliphatic carbocycles. The molecule has 0 aliphatic heterocycles. The molecule has 144 valence electrons. The van der Waals surface area contributed by atoms with E-state index in [-0.39, 0.29) is 16.4 Å². The molecule has 0 atom stereocenters. The summed E-state index contributed by atoms with van der Waals surface area (Å²) in [6.45, 7) is -0.129. The lowest BCUT2D eigenvalue weighted by Gasteiger charge is -2.08. The maximum absolute atomic E-state index is 11.7. The molecular formula is C20H19N3O4S. The molecule has 0 saturated carbocycles. The van der Waals surface area contributed by atoms with Gasteiger partial charge in [0, 0.05) is 23.2 Å². The average Bonchev–Trinajstić information content (AvgIpc) is 3.09. The third kappa shape index (κ3) is 4.72.